The molecule has 29 heavy (non-hydrogen) atoms. The molecule has 0 radical (unpaired) electrons. The van der Waals surface area contributed by atoms with E-state index in [4.69, 9.17) is 9.47 Å². The van der Waals surface area contributed by atoms with Gasteiger partial charge in [0.1, 0.15) is 18.1 Å². The number of aromatic nitrogens is 2. The van der Waals surface area contributed by atoms with Crippen LogP contribution in [0, 0.1) is 0 Å². The third kappa shape index (κ3) is 5.77. The van der Waals surface area contributed by atoms with Crippen molar-refractivity contribution in [1.29, 1.82) is 0 Å². The number of rotatable bonds is 9. The van der Waals surface area contributed by atoms with Crippen LogP contribution < -0.4 is 14.8 Å². The maximum atomic E-state index is 12.4. The Morgan fingerprint density at radius 2 is 1.86 bits per heavy atom. The maximum absolute atomic E-state index is 12.4. The van der Waals surface area contributed by atoms with E-state index in [0.717, 1.165) is 12.2 Å². The SMILES string of the molecule is CCOc1cccc(C(=O)Nc2nnc(COc3ccc(C(C)CC)cc3)s2)c1. The fourth-order valence-electron chi connectivity index (χ4n) is 2.70. The molecule has 1 atom stereocenters. The molecule has 0 aliphatic rings. The van der Waals surface area contributed by atoms with Gasteiger partial charge in [0.2, 0.25) is 5.13 Å². The Hall–Kier alpha value is -2.93. The van der Waals surface area contributed by atoms with E-state index in [1.165, 1.54) is 16.9 Å². The van der Waals surface area contributed by atoms with Gasteiger partial charge in [-0.1, -0.05) is 43.4 Å². The number of nitrogens with one attached hydrogen (secondary N) is 1. The van der Waals surface area contributed by atoms with Crippen LogP contribution in [0.25, 0.3) is 0 Å². The van der Waals surface area contributed by atoms with Crippen molar-refractivity contribution in [3.63, 3.8) is 0 Å². The van der Waals surface area contributed by atoms with Gasteiger partial charge in [-0.05, 0) is 55.2 Å². The molecule has 0 saturated carbocycles. The summed E-state index contributed by atoms with van der Waals surface area (Å²) in [5, 5.41) is 12.0. The Bertz CT molecular complexity index is 940. The molecule has 152 valence electrons. The number of carbonyl (C=O) groups is 1. The van der Waals surface area contributed by atoms with Gasteiger partial charge in [0, 0.05) is 5.56 Å². The van der Waals surface area contributed by atoms with Gasteiger partial charge in [0.15, 0.2) is 5.01 Å². The Morgan fingerprint density at radius 1 is 1.07 bits per heavy atom. The van der Waals surface area contributed by atoms with Crippen LogP contribution in [0.3, 0.4) is 0 Å². The summed E-state index contributed by atoms with van der Waals surface area (Å²) in [6, 6.07) is 15.1. The monoisotopic (exact) mass is 411 g/mol. The predicted octanol–water partition coefficient (Wildman–Crippen LogP) is 5.28. The summed E-state index contributed by atoms with van der Waals surface area (Å²) in [6.45, 7) is 7.13. The molecule has 1 aromatic heterocycles. The van der Waals surface area contributed by atoms with E-state index >= 15 is 0 Å². The zero-order valence-electron chi connectivity index (χ0n) is 16.8. The first kappa shape index (κ1) is 20.8. The first-order valence-corrected chi connectivity index (χ1v) is 10.5. The summed E-state index contributed by atoms with van der Waals surface area (Å²) in [7, 11) is 0. The Balaban J connectivity index is 1.55. The van der Waals surface area contributed by atoms with Gasteiger partial charge in [-0.25, -0.2) is 0 Å². The van der Waals surface area contributed by atoms with Gasteiger partial charge in [0.05, 0.1) is 6.61 Å². The van der Waals surface area contributed by atoms with Crippen LogP contribution in [0.5, 0.6) is 11.5 Å². The van der Waals surface area contributed by atoms with Crippen molar-refractivity contribution in [3.8, 4) is 11.5 Å². The molecule has 0 fully saturated rings. The van der Waals surface area contributed by atoms with Gasteiger partial charge in [-0.2, -0.15) is 0 Å². The summed E-state index contributed by atoms with van der Waals surface area (Å²) >= 11 is 1.29. The van der Waals surface area contributed by atoms with E-state index in [1.807, 2.05) is 25.1 Å². The van der Waals surface area contributed by atoms with Gasteiger partial charge < -0.3 is 9.47 Å². The molecule has 6 nitrogen and oxygen atoms in total. The number of hydrogen-bond acceptors (Lipinski definition) is 6. The van der Waals surface area contributed by atoms with Crippen molar-refractivity contribution in [2.45, 2.75) is 39.7 Å². The van der Waals surface area contributed by atoms with Gasteiger partial charge in [-0.15, -0.1) is 10.2 Å². The molecule has 3 rings (SSSR count). The zero-order chi connectivity index (χ0) is 20.6. The molecule has 1 amide bonds. The minimum Gasteiger partial charge on any atom is -0.494 e. The van der Waals surface area contributed by atoms with E-state index in [1.54, 1.807) is 18.2 Å². The number of carbonyl (C=O) groups excluding carboxylic acids is 1. The quantitative estimate of drug-likeness (QED) is 0.518. The summed E-state index contributed by atoms with van der Waals surface area (Å²) in [6.07, 6.45) is 1.11. The molecule has 1 heterocycles. The first-order chi connectivity index (χ1) is 14.1. The van der Waals surface area contributed by atoms with Crippen molar-refractivity contribution >= 4 is 22.4 Å². The third-order valence-electron chi connectivity index (χ3n) is 4.52. The van der Waals surface area contributed by atoms with Crippen LogP contribution in [0.4, 0.5) is 5.13 Å². The van der Waals surface area contributed by atoms with Gasteiger partial charge in [-0.3, -0.25) is 10.1 Å². The lowest BCUT2D eigenvalue weighted by Crippen LogP contribution is -2.11. The molecule has 0 bridgehead atoms. The van der Waals surface area contributed by atoms with Crippen molar-refractivity contribution in [2.75, 3.05) is 11.9 Å². The highest BCUT2D eigenvalue weighted by Crippen LogP contribution is 2.23. The van der Waals surface area contributed by atoms with Crippen LogP contribution in [-0.2, 0) is 6.61 Å². The topological polar surface area (TPSA) is 73.3 Å². The summed E-state index contributed by atoms with van der Waals surface area (Å²) in [5.74, 6) is 1.72. The third-order valence-corrected chi connectivity index (χ3v) is 5.33. The standard InChI is InChI=1S/C22H25N3O3S/c1-4-15(3)16-9-11-18(12-10-16)28-14-20-24-25-22(29-20)23-21(26)17-7-6-8-19(13-17)27-5-2/h6-13,15H,4-5,14H2,1-3H3,(H,23,25,26). The minimum absolute atomic E-state index is 0.254. The molecule has 7 heteroatoms. The van der Waals surface area contributed by atoms with E-state index in [9.17, 15) is 4.79 Å². The average Bonchev–Trinajstić information content (AvgIpc) is 3.20. The number of benzene rings is 2. The van der Waals surface area contributed by atoms with Crippen molar-refractivity contribution in [2.24, 2.45) is 0 Å². The Morgan fingerprint density at radius 3 is 2.59 bits per heavy atom. The molecular formula is C22H25N3O3S. The van der Waals surface area contributed by atoms with Crippen molar-refractivity contribution in [1.82, 2.24) is 10.2 Å². The van der Waals surface area contributed by atoms with E-state index in [0.29, 0.717) is 40.6 Å². The fourth-order valence-corrected chi connectivity index (χ4v) is 3.35. The molecular weight excluding hydrogens is 386 g/mol. The molecule has 2 aromatic carbocycles. The number of amides is 1. The number of ether oxygens (including phenoxy) is 2. The van der Waals surface area contributed by atoms with Crippen LogP contribution in [0.2, 0.25) is 0 Å². The molecule has 1 N–H and O–H groups in total. The summed E-state index contributed by atoms with van der Waals surface area (Å²) in [5.41, 5.74) is 1.81. The number of anilines is 1. The van der Waals surface area contributed by atoms with Crippen LogP contribution in [-0.4, -0.2) is 22.7 Å². The van der Waals surface area contributed by atoms with E-state index in [2.05, 4.69) is 41.5 Å². The molecule has 1 unspecified atom stereocenters. The maximum Gasteiger partial charge on any atom is 0.257 e. The molecule has 0 aliphatic heterocycles. The minimum atomic E-state index is -0.254. The Kier molecular flexibility index (Phi) is 7.19. The molecule has 0 saturated heterocycles. The lowest BCUT2D eigenvalue weighted by molar-refractivity contribution is 0.102. The summed E-state index contributed by atoms with van der Waals surface area (Å²) < 4.78 is 11.2. The van der Waals surface area contributed by atoms with E-state index < -0.39 is 0 Å². The average molecular weight is 412 g/mol. The zero-order valence-corrected chi connectivity index (χ0v) is 17.7. The van der Waals surface area contributed by atoms with E-state index in [-0.39, 0.29) is 5.91 Å². The van der Waals surface area contributed by atoms with Crippen molar-refractivity contribution < 1.29 is 14.3 Å². The largest absolute Gasteiger partial charge is 0.494 e. The van der Waals surface area contributed by atoms with Crippen LogP contribution in [0.1, 0.15) is 54.0 Å². The second-order valence-electron chi connectivity index (χ2n) is 6.58. The lowest BCUT2D eigenvalue weighted by Gasteiger charge is -2.10. The number of hydrogen-bond donors (Lipinski definition) is 1. The molecule has 3 aromatic rings. The number of nitrogens with zero attached hydrogens (tertiary/aromatic N) is 2. The molecule has 0 aliphatic carbocycles. The highest BCUT2D eigenvalue weighted by atomic mass is 32.1. The van der Waals surface area contributed by atoms with Crippen molar-refractivity contribution in [3.05, 3.63) is 64.7 Å². The second kappa shape index (κ2) is 10.0. The van der Waals surface area contributed by atoms with Gasteiger partial charge >= 0.3 is 0 Å². The highest BCUT2D eigenvalue weighted by molar-refractivity contribution is 7.15. The lowest BCUT2D eigenvalue weighted by atomic mass is 9.99. The first-order valence-electron chi connectivity index (χ1n) is 9.68. The normalized spacial score (nSPS) is 11.7. The smallest absolute Gasteiger partial charge is 0.257 e. The summed E-state index contributed by atoms with van der Waals surface area (Å²) in [4.78, 5) is 12.4. The molecule has 0 spiro atoms. The predicted molar refractivity (Wildman–Crippen MR) is 115 cm³/mol. The second-order valence-corrected chi connectivity index (χ2v) is 7.65. The fraction of sp³-hybridized carbons (Fsp3) is 0.318. The van der Waals surface area contributed by atoms with Gasteiger partial charge in [0.25, 0.3) is 5.91 Å². The van der Waals surface area contributed by atoms with Crippen LogP contribution in [0.15, 0.2) is 48.5 Å². The Labute approximate surface area is 174 Å². The highest BCUT2D eigenvalue weighted by Gasteiger charge is 2.12. The van der Waals surface area contributed by atoms with Crippen LogP contribution >= 0.6 is 11.3 Å².